The predicted octanol–water partition coefficient (Wildman–Crippen LogP) is 4.28. The Morgan fingerprint density at radius 1 is 1.00 bits per heavy atom. The molecule has 0 atom stereocenters. The van der Waals surface area contributed by atoms with Gasteiger partial charge in [-0.25, -0.2) is 4.98 Å². The van der Waals surface area contributed by atoms with Gasteiger partial charge in [0.1, 0.15) is 0 Å². The molecule has 1 saturated heterocycles. The van der Waals surface area contributed by atoms with Crippen LogP contribution in [0.1, 0.15) is 16.7 Å². The third-order valence-corrected chi connectivity index (χ3v) is 6.26. The number of anilines is 1. The molecule has 0 bridgehead atoms. The Hall–Kier alpha value is -2.66. The van der Waals surface area contributed by atoms with Crippen molar-refractivity contribution in [2.45, 2.75) is 13.8 Å². The van der Waals surface area contributed by atoms with E-state index in [2.05, 4.69) is 30.9 Å². The monoisotopic (exact) mass is 377 g/mol. The molecule has 1 aliphatic heterocycles. The Balaban J connectivity index is 1.42. The lowest BCUT2D eigenvalue weighted by molar-refractivity contribution is -0.126. The van der Waals surface area contributed by atoms with Gasteiger partial charge < -0.3 is 9.80 Å². The maximum absolute atomic E-state index is 12.5. The summed E-state index contributed by atoms with van der Waals surface area (Å²) in [5, 5.41) is 1.06. The van der Waals surface area contributed by atoms with Gasteiger partial charge in [0.15, 0.2) is 5.13 Å². The van der Waals surface area contributed by atoms with Crippen LogP contribution in [0, 0.1) is 13.8 Å². The number of carbonyl (C=O) groups is 1. The number of aromatic nitrogens is 1. The van der Waals surface area contributed by atoms with Gasteiger partial charge in [-0.1, -0.05) is 53.8 Å². The molecule has 0 spiro atoms. The summed E-state index contributed by atoms with van der Waals surface area (Å²) in [5.74, 6) is 0.0782. The normalized spacial score (nSPS) is 15.0. The van der Waals surface area contributed by atoms with E-state index >= 15 is 0 Å². The summed E-state index contributed by atoms with van der Waals surface area (Å²) in [4.78, 5) is 21.5. The number of hydrogen-bond acceptors (Lipinski definition) is 4. The molecule has 0 saturated carbocycles. The van der Waals surface area contributed by atoms with E-state index in [0.717, 1.165) is 42.4 Å². The highest BCUT2D eigenvalue weighted by atomic mass is 32.1. The van der Waals surface area contributed by atoms with Crippen LogP contribution < -0.4 is 4.90 Å². The third-order valence-electron chi connectivity index (χ3n) is 5.01. The fourth-order valence-electron chi connectivity index (χ4n) is 3.34. The number of rotatable bonds is 3. The van der Waals surface area contributed by atoms with Gasteiger partial charge in [-0.2, -0.15) is 0 Å². The topological polar surface area (TPSA) is 36.4 Å². The summed E-state index contributed by atoms with van der Waals surface area (Å²) < 4.78 is 1.27. The Morgan fingerprint density at radius 2 is 1.70 bits per heavy atom. The maximum Gasteiger partial charge on any atom is 0.246 e. The predicted molar refractivity (Wildman–Crippen MR) is 113 cm³/mol. The highest BCUT2D eigenvalue weighted by molar-refractivity contribution is 7.22. The number of nitrogens with zero attached hydrogens (tertiary/aromatic N) is 3. The van der Waals surface area contributed by atoms with E-state index in [0.29, 0.717) is 0 Å². The first-order valence-electron chi connectivity index (χ1n) is 9.25. The molecule has 138 valence electrons. The van der Waals surface area contributed by atoms with E-state index in [-0.39, 0.29) is 5.91 Å². The number of thiazole rings is 1. The summed E-state index contributed by atoms with van der Waals surface area (Å²) in [6.45, 7) is 7.35. The molecule has 1 aromatic heterocycles. The molecule has 27 heavy (non-hydrogen) atoms. The molecule has 0 N–H and O–H groups in total. The SMILES string of the molecule is Cc1ccc(C)c2sc(N3CCN(C(=O)/C=C/c4ccccc4)CC3)nc12. The number of carbonyl (C=O) groups excluding carboxylic acids is 1. The van der Waals surface area contributed by atoms with Gasteiger partial charge in [0.05, 0.1) is 10.2 Å². The van der Waals surface area contributed by atoms with Crippen LogP contribution >= 0.6 is 11.3 Å². The van der Waals surface area contributed by atoms with Crippen molar-refractivity contribution in [3.63, 3.8) is 0 Å². The summed E-state index contributed by atoms with van der Waals surface area (Å²) in [6.07, 6.45) is 3.56. The molecule has 5 heteroatoms. The molecule has 0 radical (unpaired) electrons. The van der Waals surface area contributed by atoms with Gasteiger partial charge in [-0.15, -0.1) is 0 Å². The first kappa shape index (κ1) is 17.7. The van der Waals surface area contributed by atoms with Crippen LogP contribution in [0.5, 0.6) is 0 Å². The number of hydrogen-bond donors (Lipinski definition) is 0. The minimum Gasteiger partial charge on any atom is -0.345 e. The van der Waals surface area contributed by atoms with Gasteiger partial charge >= 0.3 is 0 Å². The second kappa shape index (κ2) is 7.53. The van der Waals surface area contributed by atoms with Gasteiger partial charge in [0.2, 0.25) is 5.91 Å². The van der Waals surface area contributed by atoms with E-state index < -0.39 is 0 Å². The van der Waals surface area contributed by atoms with Crippen molar-refractivity contribution in [2.24, 2.45) is 0 Å². The van der Waals surface area contributed by atoms with E-state index in [4.69, 9.17) is 4.98 Å². The van der Waals surface area contributed by atoms with Gasteiger partial charge in [0, 0.05) is 32.3 Å². The van der Waals surface area contributed by atoms with Gasteiger partial charge in [0.25, 0.3) is 0 Å². The van der Waals surface area contributed by atoms with Crippen molar-refractivity contribution in [2.75, 3.05) is 31.1 Å². The number of fused-ring (bicyclic) bond motifs is 1. The Kier molecular flexibility index (Phi) is 4.94. The number of aryl methyl sites for hydroxylation is 2. The number of piperazine rings is 1. The van der Waals surface area contributed by atoms with Gasteiger partial charge in [-0.05, 0) is 36.6 Å². The van der Waals surface area contributed by atoms with Crippen LogP contribution in [0.15, 0.2) is 48.5 Å². The van der Waals surface area contributed by atoms with E-state index in [9.17, 15) is 4.79 Å². The average Bonchev–Trinajstić information content (AvgIpc) is 3.17. The minimum atomic E-state index is 0.0782. The smallest absolute Gasteiger partial charge is 0.246 e. The second-order valence-corrected chi connectivity index (χ2v) is 7.91. The molecule has 1 fully saturated rings. The molecule has 0 aliphatic carbocycles. The molecule has 4 nitrogen and oxygen atoms in total. The quantitative estimate of drug-likeness (QED) is 0.640. The average molecular weight is 378 g/mol. The number of amides is 1. The van der Waals surface area contributed by atoms with Crippen LogP contribution in [0.2, 0.25) is 0 Å². The van der Waals surface area contributed by atoms with Crippen molar-refractivity contribution in [1.29, 1.82) is 0 Å². The van der Waals surface area contributed by atoms with Crippen LogP contribution in [0.4, 0.5) is 5.13 Å². The van der Waals surface area contributed by atoms with Crippen LogP contribution in [0.25, 0.3) is 16.3 Å². The van der Waals surface area contributed by atoms with Crippen molar-refractivity contribution in [3.8, 4) is 0 Å². The Labute approximate surface area is 163 Å². The Morgan fingerprint density at radius 3 is 2.41 bits per heavy atom. The molecule has 3 aromatic rings. The highest BCUT2D eigenvalue weighted by Gasteiger charge is 2.22. The molecule has 4 rings (SSSR count). The lowest BCUT2D eigenvalue weighted by Crippen LogP contribution is -2.48. The fraction of sp³-hybridized carbons (Fsp3) is 0.273. The largest absolute Gasteiger partial charge is 0.345 e. The van der Waals surface area contributed by atoms with Gasteiger partial charge in [-0.3, -0.25) is 4.79 Å². The van der Waals surface area contributed by atoms with Crippen molar-refractivity contribution >= 4 is 38.7 Å². The molecule has 0 unspecified atom stereocenters. The molecule has 1 amide bonds. The lowest BCUT2D eigenvalue weighted by atomic mass is 10.1. The van der Waals surface area contributed by atoms with Crippen LogP contribution in [-0.2, 0) is 4.79 Å². The van der Waals surface area contributed by atoms with E-state index in [1.807, 2.05) is 41.3 Å². The first-order valence-corrected chi connectivity index (χ1v) is 10.1. The second-order valence-electron chi connectivity index (χ2n) is 6.93. The highest BCUT2D eigenvalue weighted by Crippen LogP contribution is 2.33. The van der Waals surface area contributed by atoms with Crippen LogP contribution in [-0.4, -0.2) is 42.0 Å². The summed E-state index contributed by atoms with van der Waals surface area (Å²) >= 11 is 1.76. The summed E-state index contributed by atoms with van der Waals surface area (Å²) in [6, 6.07) is 14.2. The third kappa shape index (κ3) is 3.74. The summed E-state index contributed by atoms with van der Waals surface area (Å²) in [7, 11) is 0. The molecular formula is C22H23N3OS. The zero-order valence-corrected chi connectivity index (χ0v) is 16.5. The van der Waals surface area contributed by atoms with E-state index in [1.165, 1.54) is 15.8 Å². The standard InChI is InChI=1S/C22H23N3OS/c1-16-8-9-17(2)21-20(16)23-22(27-21)25-14-12-24(13-15-25)19(26)11-10-18-6-4-3-5-7-18/h3-11H,12-15H2,1-2H3/b11-10+. The summed E-state index contributed by atoms with van der Waals surface area (Å²) in [5.41, 5.74) is 4.65. The van der Waals surface area contributed by atoms with Crippen molar-refractivity contribution in [1.82, 2.24) is 9.88 Å². The molecular weight excluding hydrogens is 354 g/mol. The zero-order chi connectivity index (χ0) is 18.8. The number of benzene rings is 2. The van der Waals surface area contributed by atoms with E-state index in [1.54, 1.807) is 17.4 Å². The zero-order valence-electron chi connectivity index (χ0n) is 15.7. The maximum atomic E-state index is 12.5. The molecule has 2 heterocycles. The minimum absolute atomic E-state index is 0.0782. The molecule has 1 aliphatic rings. The lowest BCUT2D eigenvalue weighted by Gasteiger charge is -2.34. The van der Waals surface area contributed by atoms with Crippen molar-refractivity contribution in [3.05, 3.63) is 65.2 Å². The first-order chi connectivity index (χ1) is 13.1. The van der Waals surface area contributed by atoms with Crippen LogP contribution in [0.3, 0.4) is 0 Å². The molecule has 2 aromatic carbocycles. The fourth-order valence-corrected chi connectivity index (χ4v) is 4.50. The Bertz CT molecular complexity index is 946. The van der Waals surface area contributed by atoms with Crippen molar-refractivity contribution < 1.29 is 4.79 Å².